The maximum atomic E-state index is 4.53. The summed E-state index contributed by atoms with van der Waals surface area (Å²) in [5.74, 6) is 0. The van der Waals surface area contributed by atoms with Gasteiger partial charge in [-0.15, -0.1) is 0 Å². The molecule has 1 aromatic rings. The fourth-order valence-electron chi connectivity index (χ4n) is 2.26. The molecule has 1 aromatic heterocycles. The summed E-state index contributed by atoms with van der Waals surface area (Å²) in [6, 6.07) is 2.25. The predicted molar refractivity (Wildman–Crippen MR) is 82.4 cm³/mol. The van der Waals surface area contributed by atoms with E-state index in [9.17, 15) is 0 Å². The van der Waals surface area contributed by atoms with Crippen molar-refractivity contribution in [3.8, 4) is 0 Å². The van der Waals surface area contributed by atoms with Crippen molar-refractivity contribution in [1.82, 2.24) is 15.1 Å². The minimum atomic E-state index is 0.206. The first kappa shape index (κ1) is 16.2. The van der Waals surface area contributed by atoms with Gasteiger partial charge in [0.25, 0.3) is 0 Å². The van der Waals surface area contributed by atoms with Gasteiger partial charge in [-0.2, -0.15) is 5.10 Å². The minimum Gasteiger partial charge on any atom is -0.312 e. The van der Waals surface area contributed by atoms with Crippen molar-refractivity contribution < 1.29 is 0 Å². The van der Waals surface area contributed by atoms with Crippen molar-refractivity contribution in [3.63, 3.8) is 0 Å². The molecule has 0 atom stereocenters. The lowest BCUT2D eigenvalue weighted by molar-refractivity contribution is 0.297. The van der Waals surface area contributed by atoms with Crippen LogP contribution in [0.2, 0.25) is 0 Å². The van der Waals surface area contributed by atoms with Crippen molar-refractivity contribution in [1.29, 1.82) is 0 Å². The summed E-state index contributed by atoms with van der Waals surface area (Å²) in [6.45, 7) is 14.6. The summed E-state index contributed by atoms with van der Waals surface area (Å²) < 4.78 is 2.04. The molecule has 110 valence electrons. The highest BCUT2D eigenvalue weighted by molar-refractivity contribution is 5.11. The Morgan fingerprint density at radius 2 is 1.84 bits per heavy atom. The topological polar surface area (TPSA) is 29.9 Å². The summed E-state index contributed by atoms with van der Waals surface area (Å²) in [6.07, 6.45) is 3.28. The number of rotatable bonds is 6. The molecule has 0 fully saturated rings. The van der Waals surface area contributed by atoms with Crippen molar-refractivity contribution in [2.24, 2.45) is 12.5 Å². The molecule has 1 heterocycles. The molecule has 0 saturated heterocycles. The lowest BCUT2D eigenvalue weighted by Crippen LogP contribution is -2.38. The van der Waals surface area contributed by atoms with Gasteiger partial charge in [-0.05, 0) is 58.1 Å². The zero-order valence-electron chi connectivity index (χ0n) is 13.8. The molecule has 0 radical (unpaired) electrons. The van der Waals surface area contributed by atoms with Crippen molar-refractivity contribution in [2.45, 2.75) is 66.3 Å². The average molecular weight is 265 g/mol. The molecular formula is C16H31N3. The third-order valence-corrected chi connectivity index (χ3v) is 3.51. The Morgan fingerprint density at radius 1 is 1.21 bits per heavy atom. The van der Waals surface area contributed by atoms with E-state index in [0.29, 0.717) is 5.41 Å². The first-order chi connectivity index (χ1) is 8.63. The summed E-state index contributed by atoms with van der Waals surface area (Å²) in [7, 11) is 2.05. The Bertz CT molecular complexity index is 397. The van der Waals surface area contributed by atoms with E-state index in [-0.39, 0.29) is 5.54 Å². The van der Waals surface area contributed by atoms with E-state index in [1.165, 1.54) is 17.8 Å². The van der Waals surface area contributed by atoms with Gasteiger partial charge in [0.2, 0.25) is 0 Å². The zero-order valence-corrected chi connectivity index (χ0v) is 13.8. The number of nitrogens with zero attached hydrogens (tertiary/aromatic N) is 2. The standard InChI is InChI=1S/C16H31N3/c1-8-13-11-14(19(7)18-13)12-16(5,6)9-10-17-15(2,3)4/h11,17H,8-10,12H2,1-7H3. The second-order valence-corrected chi connectivity index (χ2v) is 7.37. The van der Waals surface area contributed by atoms with Crippen LogP contribution >= 0.6 is 0 Å². The Hall–Kier alpha value is -0.830. The van der Waals surface area contributed by atoms with Crippen LogP contribution in [0.25, 0.3) is 0 Å². The minimum absolute atomic E-state index is 0.206. The van der Waals surface area contributed by atoms with E-state index in [1.54, 1.807) is 0 Å². The van der Waals surface area contributed by atoms with Crippen molar-refractivity contribution >= 4 is 0 Å². The molecule has 3 heteroatoms. The van der Waals surface area contributed by atoms with E-state index < -0.39 is 0 Å². The van der Waals surface area contributed by atoms with Gasteiger partial charge in [-0.25, -0.2) is 0 Å². The van der Waals surface area contributed by atoms with Gasteiger partial charge >= 0.3 is 0 Å². The highest BCUT2D eigenvalue weighted by atomic mass is 15.3. The number of aromatic nitrogens is 2. The van der Waals surface area contributed by atoms with Crippen molar-refractivity contribution in [3.05, 3.63) is 17.5 Å². The molecular weight excluding hydrogens is 234 g/mol. The Labute approximate surface area is 118 Å². The van der Waals surface area contributed by atoms with Crippen molar-refractivity contribution in [2.75, 3.05) is 6.54 Å². The Balaban J connectivity index is 2.55. The quantitative estimate of drug-likeness (QED) is 0.855. The second kappa shape index (κ2) is 6.08. The van der Waals surface area contributed by atoms with E-state index in [2.05, 4.69) is 65.1 Å². The molecule has 3 nitrogen and oxygen atoms in total. The SMILES string of the molecule is CCc1cc(CC(C)(C)CCNC(C)(C)C)n(C)n1. The molecule has 19 heavy (non-hydrogen) atoms. The normalized spacial score (nSPS) is 13.0. The van der Waals surface area contributed by atoms with E-state index in [4.69, 9.17) is 0 Å². The van der Waals surface area contributed by atoms with Gasteiger partial charge in [-0.3, -0.25) is 4.68 Å². The fraction of sp³-hybridized carbons (Fsp3) is 0.812. The molecule has 0 aliphatic carbocycles. The zero-order chi connectivity index (χ0) is 14.7. The first-order valence-electron chi connectivity index (χ1n) is 7.40. The lowest BCUT2D eigenvalue weighted by atomic mass is 9.84. The maximum absolute atomic E-state index is 4.53. The summed E-state index contributed by atoms with van der Waals surface area (Å²) in [4.78, 5) is 0. The summed E-state index contributed by atoms with van der Waals surface area (Å²) in [5.41, 5.74) is 3.05. The van der Waals surface area contributed by atoms with Gasteiger partial charge < -0.3 is 5.32 Å². The van der Waals surface area contributed by atoms with Gasteiger partial charge in [-0.1, -0.05) is 20.8 Å². The van der Waals surface area contributed by atoms with Crippen LogP contribution in [-0.2, 0) is 19.9 Å². The number of hydrogen-bond donors (Lipinski definition) is 1. The largest absolute Gasteiger partial charge is 0.312 e. The third-order valence-electron chi connectivity index (χ3n) is 3.51. The molecule has 0 aliphatic rings. The average Bonchev–Trinajstić information content (AvgIpc) is 2.56. The highest BCUT2D eigenvalue weighted by Crippen LogP contribution is 2.26. The molecule has 1 N–H and O–H groups in total. The second-order valence-electron chi connectivity index (χ2n) is 7.37. The molecule has 0 bridgehead atoms. The predicted octanol–water partition coefficient (Wildman–Crippen LogP) is 3.33. The van der Waals surface area contributed by atoms with Crippen LogP contribution in [0.15, 0.2) is 6.07 Å². The Morgan fingerprint density at radius 3 is 2.32 bits per heavy atom. The molecule has 0 unspecified atom stereocenters. The lowest BCUT2D eigenvalue weighted by Gasteiger charge is -2.28. The van der Waals surface area contributed by atoms with Crippen LogP contribution in [0.1, 0.15) is 59.4 Å². The maximum Gasteiger partial charge on any atom is 0.0624 e. The molecule has 0 aliphatic heterocycles. The van der Waals surface area contributed by atoms with Gasteiger partial charge in [0, 0.05) is 18.3 Å². The molecule has 0 saturated carbocycles. The van der Waals surface area contributed by atoms with Crippen LogP contribution in [-0.4, -0.2) is 21.9 Å². The monoisotopic (exact) mass is 265 g/mol. The van der Waals surface area contributed by atoms with E-state index in [1.807, 2.05) is 4.68 Å². The molecule has 0 spiro atoms. The van der Waals surface area contributed by atoms with Crippen LogP contribution in [0.4, 0.5) is 0 Å². The third kappa shape index (κ3) is 5.77. The van der Waals surface area contributed by atoms with Crippen LogP contribution in [0.3, 0.4) is 0 Å². The van der Waals surface area contributed by atoms with Crippen LogP contribution < -0.4 is 5.32 Å². The summed E-state index contributed by atoms with van der Waals surface area (Å²) >= 11 is 0. The molecule has 0 aromatic carbocycles. The molecule has 0 amide bonds. The summed E-state index contributed by atoms with van der Waals surface area (Å²) in [5, 5.41) is 8.11. The van der Waals surface area contributed by atoms with Crippen LogP contribution in [0.5, 0.6) is 0 Å². The van der Waals surface area contributed by atoms with Gasteiger partial charge in [0.15, 0.2) is 0 Å². The number of hydrogen-bond acceptors (Lipinski definition) is 2. The van der Waals surface area contributed by atoms with Crippen LogP contribution in [0, 0.1) is 5.41 Å². The number of nitrogens with one attached hydrogen (secondary N) is 1. The fourth-order valence-corrected chi connectivity index (χ4v) is 2.26. The highest BCUT2D eigenvalue weighted by Gasteiger charge is 2.21. The molecule has 1 rings (SSSR count). The van der Waals surface area contributed by atoms with Gasteiger partial charge in [0.05, 0.1) is 5.69 Å². The van der Waals surface area contributed by atoms with E-state index >= 15 is 0 Å². The Kier molecular flexibility index (Phi) is 5.19. The number of aryl methyl sites for hydroxylation is 2. The first-order valence-corrected chi connectivity index (χ1v) is 7.40. The van der Waals surface area contributed by atoms with E-state index in [0.717, 1.165) is 19.4 Å². The van der Waals surface area contributed by atoms with Gasteiger partial charge in [0.1, 0.15) is 0 Å². The smallest absolute Gasteiger partial charge is 0.0624 e.